The van der Waals surface area contributed by atoms with Gasteiger partial charge in [0.25, 0.3) is 0 Å². The van der Waals surface area contributed by atoms with Gasteiger partial charge in [-0.15, -0.1) is 0 Å². The van der Waals surface area contributed by atoms with E-state index in [-0.39, 0.29) is 11.3 Å². The highest BCUT2D eigenvalue weighted by Gasteiger charge is 2.34. The molecule has 1 saturated heterocycles. The van der Waals surface area contributed by atoms with Crippen LogP contribution in [0.15, 0.2) is 6.20 Å². The first-order valence-corrected chi connectivity index (χ1v) is 7.66. The molecule has 1 fully saturated rings. The predicted molar refractivity (Wildman–Crippen MR) is 82.1 cm³/mol. The van der Waals surface area contributed by atoms with Crippen molar-refractivity contribution < 1.29 is 9.84 Å². The first-order valence-electron chi connectivity index (χ1n) is 7.28. The highest BCUT2D eigenvalue weighted by molar-refractivity contribution is 6.28. The Morgan fingerprint density at radius 1 is 1.52 bits per heavy atom. The average molecular weight is 313 g/mol. The zero-order valence-electron chi connectivity index (χ0n) is 12.4. The van der Waals surface area contributed by atoms with E-state index in [0.717, 1.165) is 31.1 Å². The maximum atomic E-state index is 9.96. The predicted octanol–water partition coefficient (Wildman–Crippen LogP) is 1.32. The number of fused-ring (bicyclic) bond motifs is 3. The van der Waals surface area contributed by atoms with Gasteiger partial charge in [0, 0.05) is 19.6 Å². The van der Waals surface area contributed by atoms with Gasteiger partial charge in [-0.1, -0.05) is 0 Å². The molecule has 0 saturated carbocycles. The Bertz CT molecular complexity index is 520. The number of morpholine rings is 1. The second-order valence-corrected chi connectivity index (χ2v) is 6.62. The van der Waals surface area contributed by atoms with Crippen molar-refractivity contribution in [1.29, 1.82) is 0 Å². The summed E-state index contributed by atoms with van der Waals surface area (Å²) in [6, 6.07) is 0.277. The van der Waals surface area contributed by atoms with E-state index >= 15 is 0 Å². The molecule has 2 aliphatic rings. The van der Waals surface area contributed by atoms with E-state index in [0.29, 0.717) is 19.6 Å². The van der Waals surface area contributed by atoms with E-state index in [9.17, 15) is 5.11 Å². The van der Waals surface area contributed by atoms with Crippen molar-refractivity contribution in [3.63, 3.8) is 0 Å². The summed E-state index contributed by atoms with van der Waals surface area (Å²) in [6.07, 6.45) is 2.46. The summed E-state index contributed by atoms with van der Waals surface area (Å²) in [5, 5.41) is 10.2. The summed E-state index contributed by atoms with van der Waals surface area (Å²) in [4.78, 5) is 13.0. The molecule has 1 atom stereocenters. The Morgan fingerprint density at radius 2 is 2.33 bits per heavy atom. The molecule has 1 aromatic heterocycles. The Labute approximate surface area is 129 Å². The minimum Gasteiger partial charge on any atom is -0.390 e. The van der Waals surface area contributed by atoms with Crippen molar-refractivity contribution in [2.24, 2.45) is 0 Å². The molecule has 3 heterocycles. The fourth-order valence-corrected chi connectivity index (χ4v) is 2.97. The molecule has 0 spiro atoms. The smallest absolute Gasteiger partial charge is 0.224 e. The number of hydrogen-bond donors (Lipinski definition) is 1. The van der Waals surface area contributed by atoms with Crippen LogP contribution in [-0.2, 0) is 4.74 Å². The molecule has 0 aliphatic carbocycles. The minimum atomic E-state index is -0.687. The second kappa shape index (κ2) is 5.59. The molecule has 0 radical (unpaired) electrons. The summed E-state index contributed by atoms with van der Waals surface area (Å²) >= 11 is 5.97. The fourth-order valence-electron chi connectivity index (χ4n) is 2.84. The lowest BCUT2D eigenvalue weighted by molar-refractivity contribution is 0.0713. The van der Waals surface area contributed by atoms with Crippen molar-refractivity contribution in [2.75, 3.05) is 42.6 Å². The molecule has 1 unspecified atom stereocenters. The maximum Gasteiger partial charge on any atom is 0.224 e. The molecule has 0 amide bonds. The number of aliphatic hydroxyl groups is 1. The van der Waals surface area contributed by atoms with Crippen molar-refractivity contribution in [1.82, 2.24) is 9.97 Å². The fraction of sp³-hybridized carbons (Fsp3) is 0.714. The Balaban J connectivity index is 1.88. The summed E-state index contributed by atoms with van der Waals surface area (Å²) < 4.78 is 5.58. The Kier molecular flexibility index (Phi) is 3.94. The van der Waals surface area contributed by atoms with Gasteiger partial charge < -0.3 is 19.6 Å². The number of halogens is 1. The lowest BCUT2D eigenvalue weighted by Crippen LogP contribution is -2.56. The molecule has 0 aromatic carbocycles. The highest BCUT2D eigenvalue weighted by atomic mass is 35.5. The molecule has 2 aliphatic heterocycles. The quantitative estimate of drug-likeness (QED) is 0.849. The van der Waals surface area contributed by atoms with Gasteiger partial charge in [-0.25, -0.2) is 4.98 Å². The molecule has 116 valence electrons. The third kappa shape index (κ3) is 3.22. The first-order chi connectivity index (χ1) is 9.94. The van der Waals surface area contributed by atoms with Crippen molar-refractivity contribution in [2.45, 2.75) is 31.9 Å². The monoisotopic (exact) mass is 312 g/mol. The van der Waals surface area contributed by atoms with Gasteiger partial charge in [0.15, 0.2) is 5.82 Å². The molecule has 3 rings (SSSR count). The second-order valence-electron chi connectivity index (χ2n) is 6.28. The van der Waals surface area contributed by atoms with Gasteiger partial charge in [-0.05, 0) is 31.9 Å². The van der Waals surface area contributed by atoms with Gasteiger partial charge in [-0.3, -0.25) is 0 Å². The maximum absolute atomic E-state index is 9.96. The molecule has 1 aromatic rings. The first kappa shape index (κ1) is 14.8. The van der Waals surface area contributed by atoms with E-state index in [1.165, 1.54) is 0 Å². The van der Waals surface area contributed by atoms with Gasteiger partial charge in [0.1, 0.15) is 0 Å². The number of rotatable bonds is 3. The topological polar surface area (TPSA) is 61.7 Å². The molecular weight excluding hydrogens is 292 g/mol. The molecule has 1 N–H and O–H groups in total. The van der Waals surface area contributed by atoms with Gasteiger partial charge >= 0.3 is 0 Å². The van der Waals surface area contributed by atoms with Crippen molar-refractivity contribution in [3.05, 3.63) is 11.5 Å². The van der Waals surface area contributed by atoms with Crippen LogP contribution in [0.2, 0.25) is 5.28 Å². The molecular formula is C14H21ClN4O2. The van der Waals surface area contributed by atoms with Crippen LogP contribution < -0.4 is 9.80 Å². The third-order valence-electron chi connectivity index (χ3n) is 3.99. The summed E-state index contributed by atoms with van der Waals surface area (Å²) in [7, 11) is 0. The van der Waals surface area contributed by atoms with Crippen LogP contribution >= 0.6 is 11.6 Å². The number of anilines is 2. The van der Waals surface area contributed by atoms with Crippen LogP contribution in [0.3, 0.4) is 0 Å². The lowest BCUT2D eigenvalue weighted by Gasteiger charge is -2.45. The van der Waals surface area contributed by atoms with E-state index in [1.807, 2.05) is 13.8 Å². The average Bonchev–Trinajstić information content (AvgIpc) is 2.44. The normalized spacial score (nSPS) is 22.0. The van der Waals surface area contributed by atoms with Crippen LogP contribution in [0.25, 0.3) is 0 Å². The summed E-state index contributed by atoms with van der Waals surface area (Å²) in [6.45, 7) is 7.49. The molecule has 6 nitrogen and oxygen atoms in total. The zero-order valence-corrected chi connectivity index (χ0v) is 13.2. The van der Waals surface area contributed by atoms with Crippen LogP contribution in [0.4, 0.5) is 11.5 Å². The van der Waals surface area contributed by atoms with Crippen LogP contribution in [-0.4, -0.2) is 59.6 Å². The lowest BCUT2D eigenvalue weighted by atomic mass is 10.0. The zero-order chi connectivity index (χ0) is 15.0. The number of ether oxygens (including phenoxy) is 1. The van der Waals surface area contributed by atoms with Gasteiger partial charge in [0.2, 0.25) is 5.28 Å². The Morgan fingerprint density at radius 3 is 3.10 bits per heavy atom. The Hall–Kier alpha value is -1.11. The van der Waals surface area contributed by atoms with Gasteiger partial charge in [-0.2, -0.15) is 4.98 Å². The van der Waals surface area contributed by atoms with E-state index in [2.05, 4.69) is 19.8 Å². The highest BCUT2D eigenvalue weighted by Crippen LogP contribution is 2.35. The van der Waals surface area contributed by atoms with Crippen molar-refractivity contribution in [3.8, 4) is 0 Å². The molecule has 0 bridgehead atoms. The van der Waals surface area contributed by atoms with E-state index in [4.69, 9.17) is 16.3 Å². The van der Waals surface area contributed by atoms with Crippen LogP contribution in [0.1, 0.15) is 20.3 Å². The summed E-state index contributed by atoms with van der Waals surface area (Å²) in [5.74, 6) is 0.880. The van der Waals surface area contributed by atoms with Gasteiger partial charge in [0.05, 0.1) is 36.7 Å². The largest absolute Gasteiger partial charge is 0.390 e. The van der Waals surface area contributed by atoms with Crippen molar-refractivity contribution >= 4 is 23.1 Å². The number of aromatic nitrogens is 2. The minimum absolute atomic E-state index is 0.267. The molecule has 21 heavy (non-hydrogen) atoms. The third-order valence-corrected chi connectivity index (χ3v) is 4.17. The standard InChI is InChI=1S/C14H21ClN4O2/c1-14(2,20)3-4-18-8-10-9-21-6-5-19(10)12-11(18)7-16-13(15)17-12/h7,10,20H,3-6,8-9H2,1-2H3. The van der Waals surface area contributed by atoms with E-state index < -0.39 is 5.60 Å². The van der Waals surface area contributed by atoms with Crippen LogP contribution in [0.5, 0.6) is 0 Å². The number of nitrogens with zero attached hydrogens (tertiary/aromatic N) is 4. The SMILES string of the molecule is CC(C)(O)CCN1CC2COCCN2c2nc(Cl)ncc21. The molecule has 7 heteroatoms. The van der Waals surface area contributed by atoms with Crippen LogP contribution in [0, 0.1) is 0 Å². The number of hydrogen-bond acceptors (Lipinski definition) is 6. The summed E-state index contributed by atoms with van der Waals surface area (Å²) in [5.41, 5.74) is 0.301. The van der Waals surface area contributed by atoms with E-state index in [1.54, 1.807) is 6.20 Å².